The molecule has 0 aliphatic rings. The van der Waals surface area contributed by atoms with E-state index < -0.39 is 58.7 Å². The average Bonchev–Trinajstić information content (AvgIpc) is 2.73. The summed E-state index contributed by atoms with van der Waals surface area (Å²) in [4.78, 5) is 61.5. The van der Waals surface area contributed by atoms with E-state index in [2.05, 4.69) is 16.0 Å². The highest BCUT2D eigenvalue weighted by Gasteiger charge is 2.50. The summed E-state index contributed by atoms with van der Waals surface area (Å²) in [6, 6.07) is -3.78. The van der Waals surface area contributed by atoms with Crippen LogP contribution in [0.3, 0.4) is 0 Å². The summed E-state index contributed by atoms with van der Waals surface area (Å²) in [6.45, 7) is 11.1. The van der Waals surface area contributed by atoms with Crippen LogP contribution in [0.1, 0.15) is 67.2 Å². The van der Waals surface area contributed by atoms with E-state index in [0.29, 0.717) is 19.5 Å². The van der Waals surface area contributed by atoms with Crippen LogP contribution in [-0.4, -0.2) is 72.3 Å². The van der Waals surface area contributed by atoms with Gasteiger partial charge in [0.05, 0.1) is 13.0 Å². The number of carboxylic acids is 2. The van der Waals surface area contributed by atoms with Crippen LogP contribution < -0.4 is 21.7 Å². The Bertz CT molecular complexity index is 773. The number of hydrogen-bond acceptors (Lipinski definition) is 7. The number of aliphatic carboxylic acids is 2. The first-order chi connectivity index (χ1) is 16.5. The van der Waals surface area contributed by atoms with Gasteiger partial charge in [0.2, 0.25) is 5.91 Å². The van der Waals surface area contributed by atoms with E-state index in [-0.39, 0.29) is 18.7 Å². The third-order valence-corrected chi connectivity index (χ3v) is 5.87. The van der Waals surface area contributed by atoms with Gasteiger partial charge in [-0.15, -0.1) is 0 Å². The highest BCUT2D eigenvalue weighted by atomic mass is 16.5. The first-order valence-electron chi connectivity index (χ1n) is 12.0. The van der Waals surface area contributed by atoms with Gasteiger partial charge in [0, 0.05) is 18.9 Å². The number of nitrogens with two attached hydrogens (primary N) is 1. The lowest BCUT2D eigenvalue weighted by Gasteiger charge is -2.44. The molecule has 3 amide bonds. The standard InChI is InChI=1S/C24H44N4O8/c1-23(2,3)16(17(19(30)31)24(4,5)6)18(20(32)33)28-22(35)27-14(21(34)36-7)10-11-15(29)26-13-9-8-12-25/h14,16-18H,8-13,25H2,1-7H3,(H,26,29)(H,30,31)(H,32,33)(H2,27,28,35). The molecule has 12 nitrogen and oxygen atoms in total. The molecule has 0 bridgehead atoms. The monoisotopic (exact) mass is 516 g/mol. The van der Waals surface area contributed by atoms with E-state index in [1.165, 1.54) is 0 Å². The van der Waals surface area contributed by atoms with Crippen molar-refractivity contribution in [1.82, 2.24) is 16.0 Å². The Morgan fingerprint density at radius 1 is 0.889 bits per heavy atom. The summed E-state index contributed by atoms with van der Waals surface area (Å²) < 4.78 is 4.71. The lowest BCUT2D eigenvalue weighted by molar-refractivity contribution is -0.155. The zero-order valence-electron chi connectivity index (χ0n) is 22.5. The summed E-state index contributed by atoms with van der Waals surface area (Å²) in [5.74, 6) is -5.84. The quantitative estimate of drug-likeness (QED) is 0.146. The van der Waals surface area contributed by atoms with Crippen LogP contribution in [0.4, 0.5) is 4.79 Å². The lowest BCUT2D eigenvalue weighted by Crippen LogP contribution is -2.59. The lowest BCUT2D eigenvalue weighted by atomic mass is 9.61. The second-order valence-electron chi connectivity index (χ2n) is 11.0. The molecule has 208 valence electrons. The molecule has 0 aliphatic carbocycles. The van der Waals surface area contributed by atoms with Gasteiger partial charge in [0.1, 0.15) is 12.1 Å². The minimum absolute atomic E-state index is 0.0804. The number of carboxylic acid groups (broad SMARTS) is 2. The first-order valence-corrected chi connectivity index (χ1v) is 12.0. The molecule has 12 heteroatoms. The van der Waals surface area contributed by atoms with Crippen LogP contribution >= 0.6 is 0 Å². The van der Waals surface area contributed by atoms with Crippen molar-refractivity contribution in [1.29, 1.82) is 0 Å². The molecule has 0 aromatic carbocycles. The molecule has 0 heterocycles. The molecule has 0 radical (unpaired) electrons. The minimum atomic E-state index is -1.57. The van der Waals surface area contributed by atoms with Crippen molar-refractivity contribution in [2.75, 3.05) is 20.2 Å². The molecule has 36 heavy (non-hydrogen) atoms. The van der Waals surface area contributed by atoms with Gasteiger partial charge in [-0.25, -0.2) is 14.4 Å². The van der Waals surface area contributed by atoms with Gasteiger partial charge in [-0.2, -0.15) is 0 Å². The summed E-state index contributed by atoms with van der Waals surface area (Å²) in [5.41, 5.74) is 3.77. The van der Waals surface area contributed by atoms with Crippen molar-refractivity contribution >= 4 is 29.8 Å². The summed E-state index contributed by atoms with van der Waals surface area (Å²) in [6.07, 6.45) is 1.30. The highest BCUT2D eigenvalue weighted by molar-refractivity contribution is 5.87. The fourth-order valence-corrected chi connectivity index (χ4v) is 4.15. The van der Waals surface area contributed by atoms with Crippen molar-refractivity contribution in [2.45, 2.75) is 79.3 Å². The van der Waals surface area contributed by atoms with Crippen LogP contribution in [0.2, 0.25) is 0 Å². The number of unbranched alkanes of at least 4 members (excludes halogenated alkanes) is 1. The maximum absolute atomic E-state index is 12.8. The maximum Gasteiger partial charge on any atom is 0.328 e. The zero-order valence-corrected chi connectivity index (χ0v) is 22.5. The molecule has 0 fully saturated rings. The fraction of sp³-hybridized carbons (Fsp3) is 0.792. The number of esters is 1. The number of urea groups is 1. The largest absolute Gasteiger partial charge is 0.481 e. The Kier molecular flexibility index (Phi) is 13.4. The predicted molar refractivity (Wildman–Crippen MR) is 133 cm³/mol. The Balaban J connectivity index is 5.65. The molecule has 0 aliphatic heterocycles. The molecule has 0 aromatic heterocycles. The fourth-order valence-electron chi connectivity index (χ4n) is 4.15. The number of nitrogens with one attached hydrogen (secondary N) is 3. The second kappa shape index (κ2) is 14.6. The SMILES string of the molecule is COC(=O)C(CCC(=O)NCCCCN)NC(=O)NC(C(=O)O)C(C(C(=O)O)C(C)(C)C)C(C)(C)C. The molecular formula is C24H44N4O8. The number of carbonyl (C=O) groups is 5. The van der Waals surface area contributed by atoms with Crippen molar-refractivity contribution < 1.29 is 38.9 Å². The number of methoxy groups -OCH3 is 1. The normalized spacial score (nSPS) is 15.1. The molecule has 4 atom stereocenters. The molecule has 4 unspecified atom stereocenters. The van der Waals surface area contributed by atoms with Gasteiger partial charge in [-0.3, -0.25) is 9.59 Å². The van der Waals surface area contributed by atoms with Crippen molar-refractivity contribution in [3.63, 3.8) is 0 Å². The van der Waals surface area contributed by atoms with Gasteiger partial charge < -0.3 is 36.6 Å². The molecule has 0 spiro atoms. The summed E-state index contributed by atoms with van der Waals surface area (Å²) in [5, 5.41) is 27.3. The van der Waals surface area contributed by atoms with Gasteiger partial charge in [0.15, 0.2) is 0 Å². The van der Waals surface area contributed by atoms with Crippen molar-refractivity contribution in [2.24, 2.45) is 28.4 Å². The third kappa shape index (κ3) is 11.2. The molecule has 0 saturated heterocycles. The van der Waals surface area contributed by atoms with Crippen LogP contribution in [0.15, 0.2) is 0 Å². The Hall–Kier alpha value is -2.89. The number of amides is 3. The smallest absolute Gasteiger partial charge is 0.328 e. The van der Waals surface area contributed by atoms with Crippen LogP contribution in [-0.2, 0) is 23.9 Å². The predicted octanol–water partition coefficient (Wildman–Crippen LogP) is 1.32. The van der Waals surface area contributed by atoms with E-state index in [1.54, 1.807) is 41.5 Å². The Morgan fingerprint density at radius 2 is 1.47 bits per heavy atom. The molecule has 0 saturated carbocycles. The Labute approximate surface area is 213 Å². The molecular weight excluding hydrogens is 472 g/mol. The number of rotatable bonds is 14. The van der Waals surface area contributed by atoms with Crippen LogP contribution in [0.5, 0.6) is 0 Å². The molecule has 7 N–H and O–H groups in total. The van der Waals surface area contributed by atoms with Crippen molar-refractivity contribution in [3.8, 4) is 0 Å². The topological polar surface area (TPSA) is 197 Å². The van der Waals surface area contributed by atoms with E-state index in [9.17, 15) is 34.2 Å². The van der Waals surface area contributed by atoms with E-state index >= 15 is 0 Å². The second-order valence-corrected chi connectivity index (χ2v) is 11.0. The Morgan fingerprint density at radius 3 is 1.89 bits per heavy atom. The van der Waals surface area contributed by atoms with E-state index in [4.69, 9.17) is 10.5 Å². The third-order valence-electron chi connectivity index (χ3n) is 5.87. The first kappa shape index (κ1) is 33.1. The van der Waals surface area contributed by atoms with E-state index in [1.807, 2.05) is 0 Å². The summed E-state index contributed by atoms with van der Waals surface area (Å²) >= 11 is 0. The zero-order chi connectivity index (χ0) is 28.3. The number of ether oxygens (including phenoxy) is 1. The van der Waals surface area contributed by atoms with Gasteiger partial charge in [0.25, 0.3) is 0 Å². The van der Waals surface area contributed by atoms with Gasteiger partial charge in [-0.05, 0) is 36.6 Å². The van der Waals surface area contributed by atoms with Crippen LogP contribution in [0, 0.1) is 22.7 Å². The molecule has 0 aromatic rings. The summed E-state index contributed by atoms with van der Waals surface area (Å²) in [7, 11) is 1.12. The maximum atomic E-state index is 12.8. The van der Waals surface area contributed by atoms with Gasteiger partial charge >= 0.3 is 23.9 Å². The van der Waals surface area contributed by atoms with E-state index in [0.717, 1.165) is 13.5 Å². The van der Waals surface area contributed by atoms with Crippen molar-refractivity contribution in [3.05, 3.63) is 0 Å². The number of hydrogen-bond donors (Lipinski definition) is 6. The van der Waals surface area contributed by atoms with Crippen LogP contribution in [0.25, 0.3) is 0 Å². The minimum Gasteiger partial charge on any atom is -0.481 e. The number of carbonyl (C=O) groups excluding carboxylic acids is 3. The van der Waals surface area contributed by atoms with Gasteiger partial charge in [-0.1, -0.05) is 41.5 Å². The highest BCUT2D eigenvalue weighted by Crippen LogP contribution is 2.43. The molecule has 0 rings (SSSR count). The average molecular weight is 517 g/mol.